The number of nitrogens with zero attached hydrogens (tertiary/aromatic N) is 2. The zero-order valence-electron chi connectivity index (χ0n) is 18.7. The van der Waals surface area contributed by atoms with Gasteiger partial charge in [0.1, 0.15) is 24.1 Å². The number of likely N-dealkylation sites (tertiary alicyclic amines) is 1. The van der Waals surface area contributed by atoms with Gasteiger partial charge in [0.2, 0.25) is 0 Å². The minimum absolute atomic E-state index is 0.128. The van der Waals surface area contributed by atoms with E-state index in [0.29, 0.717) is 6.61 Å². The molecule has 2 aliphatic heterocycles. The van der Waals surface area contributed by atoms with Crippen molar-refractivity contribution in [2.24, 2.45) is 0 Å². The molecule has 1 saturated heterocycles. The minimum atomic E-state index is -0.130. The first-order chi connectivity index (χ1) is 15.1. The van der Waals surface area contributed by atoms with E-state index in [9.17, 15) is 4.79 Å². The molecule has 166 valence electrons. The Labute approximate surface area is 184 Å². The second-order valence-electron chi connectivity index (χ2n) is 8.46. The van der Waals surface area contributed by atoms with Gasteiger partial charge in [0, 0.05) is 31.7 Å². The van der Waals surface area contributed by atoms with Crippen LogP contribution in [0.4, 0.5) is 0 Å². The quantitative estimate of drug-likeness (QED) is 0.662. The lowest BCUT2D eigenvalue weighted by Crippen LogP contribution is -2.36. The third kappa shape index (κ3) is 5.02. The molecule has 2 aromatic rings. The molecule has 0 unspecified atom stereocenters. The Balaban J connectivity index is 1.46. The molecular weight excluding hydrogens is 392 g/mol. The van der Waals surface area contributed by atoms with Gasteiger partial charge in [0.15, 0.2) is 0 Å². The molecule has 0 aliphatic carbocycles. The van der Waals surface area contributed by atoms with Gasteiger partial charge in [-0.3, -0.25) is 14.6 Å². The molecule has 1 fully saturated rings. The van der Waals surface area contributed by atoms with Crippen LogP contribution in [0.5, 0.6) is 11.5 Å². The number of benzene rings is 2. The Kier molecular flexibility index (Phi) is 6.78. The Morgan fingerprint density at radius 1 is 1.10 bits per heavy atom. The highest BCUT2D eigenvalue weighted by molar-refractivity contribution is 5.76. The maximum absolute atomic E-state index is 12.1. The SMILES string of the molecule is COC(=O)[C@@H]1CCCN1Cc1ccc2c(c1)CN(Cc1ccc(OC)c(C)c1)CCO2. The molecule has 2 aliphatic rings. The van der Waals surface area contributed by atoms with Crippen LogP contribution >= 0.6 is 0 Å². The van der Waals surface area contributed by atoms with Crippen molar-refractivity contribution in [3.63, 3.8) is 0 Å². The first-order valence-corrected chi connectivity index (χ1v) is 11.0. The van der Waals surface area contributed by atoms with Gasteiger partial charge in [-0.05, 0) is 61.2 Å². The highest BCUT2D eigenvalue weighted by atomic mass is 16.5. The summed E-state index contributed by atoms with van der Waals surface area (Å²) in [5, 5.41) is 0. The molecule has 31 heavy (non-hydrogen) atoms. The number of methoxy groups -OCH3 is 2. The van der Waals surface area contributed by atoms with Crippen LogP contribution in [0.25, 0.3) is 0 Å². The summed E-state index contributed by atoms with van der Waals surface area (Å²) in [5.74, 6) is 1.75. The minimum Gasteiger partial charge on any atom is -0.496 e. The maximum atomic E-state index is 12.1. The summed E-state index contributed by atoms with van der Waals surface area (Å²) in [4.78, 5) is 16.7. The van der Waals surface area contributed by atoms with Crippen molar-refractivity contribution in [1.82, 2.24) is 9.80 Å². The number of rotatable bonds is 6. The van der Waals surface area contributed by atoms with E-state index in [1.807, 2.05) is 6.07 Å². The summed E-state index contributed by atoms with van der Waals surface area (Å²) in [5.41, 5.74) is 4.84. The molecule has 2 heterocycles. The van der Waals surface area contributed by atoms with Crippen molar-refractivity contribution in [3.05, 3.63) is 58.7 Å². The van der Waals surface area contributed by atoms with Crippen molar-refractivity contribution in [3.8, 4) is 11.5 Å². The number of hydrogen-bond acceptors (Lipinski definition) is 6. The van der Waals surface area contributed by atoms with Gasteiger partial charge in [0.05, 0.1) is 14.2 Å². The van der Waals surface area contributed by atoms with Crippen molar-refractivity contribution in [2.45, 2.75) is 45.4 Å². The molecule has 0 bridgehead atoms. The van der Waals surface area contributed by atoms with Gasteiger partial charge >= 0.3 is 5.97 Å². The van der Waals surface area contributed by atoms with Gasteiger partial charge in [-0.15, -0.1) is 0 Å². The van der Waals surface area contributed by atoms with Crippen molar-refractivity contribution >= 4 is 5.97 Å². The summed E-state index contributed by atoms with van der Waals surface area (Å²) < 4.78 is 16.4. The number of aryl methyl sites for hydroxylation is 1. The van der Waals surface area contributed by atoms with E-state index in [1.165, 1.54) is 23.8 Å². The average Bonchev–Trinajstić information content (AvgIpc) is 3.13. The molecule has 0 radical (unpaired) electrons. The summed E-state index contributed by atoms with van der Waals surface area (Å²) >= 11 is 0. The first kappa shape index (κ1) is 21.7. The predicted molar refractivity (Wildman–Crippen MR) is 119 cm³/mol. The van der Waals surface area contributed by atoms with E-state index < -0.39 is 0 Å². The molecule has 6 nitrogen and oxygen atoms in total. The lowest BCUT2D eigenvalue weighted by molar-refractivity contribution is -0.146. The molecular formula is C25H32N2O4. The van der Waals surface area contributed by atoms with Crippen LogP contribution in [-0.4, -0.2) is 55.7 Å². The first-order valence-electron chi connectivity index (χ1n) is 11.0. The molecule has 6 heteroatoms. The highest BCUT2D eigenvalue weighted by Gasteiger charge is 2.31. The smallest absolute Gasteiger partial charge is 0.323 e. The highest BCUT2D eigenvalue weighted by Crippen LogP contribution is 2.28. The molecule has 1 atom stereocenters. The van der Waals surface area contributed by atoms with Gasteiger partial charge in [-0.1, -0.05) is 18.2 Å². The summed E-state index contributed by atoms with van der Waals surface area (Å²) in [6.07, 6.45) is 1.90. The molecule has 0 N–H and O–H groups in total. The standard InChI is InChI=1S/C25H32N2O4/c1-18-13-19(6-8-23(18)29-2)15-26-11-12-31-24-9-7-20(14-21(24)17-26)16-27-10-4-5-22(27)25(28)30-3/h6-9,13-14,22H,4-5,10-12,15-17H2,1-3H3/t22-/m0/s1. The van der Waals surface area contributed by atoms with E-state index in [0.717, 1.165) is 62.6 Å². The van der Waals surface area contributed by atoms with Crippen LogP contribution in [0.1, 0.15) is 35.1 Å². The van der Waals surface area contributed by atoms with Crippen molar-refractivity contribution < 1.29 is 19.0 Å². The van der Waals surface area contributed by atoms with E-state index in [-0.39, 0.29) is 12.0 Å². The Bertz CT molecular complexity index is 930. The fourth-order valence-electron chi connectivity index (χ4n) is 4.69. The Morgan fingerprint density at radius 2 is 1.90 bits per heavy atom. The molecule has 0 spiro atoms. The number of fused-ring (bicyclic) bond motifs is 1. The van der Waals surface area contributed by atoms with Crippen LogP contribution in [0.3, 0.4) is 0 Å². The summed E-state index contributed by atoms with van der Waals surface area (Å²) in [7, 11) is 3.18. The van der Waals surface area contributed by atoms with Gasteiger partial charge in [-0.25, -0.2) is 0 Å². The monoisotopic (exact) mass is 424 g/mol. The number of carbonyl (C=O) groups is 1. The Morgan fingerprint density at radius 3 is 2.68 bits per heavy atom. The van der Waals surface area contributed by atoms with E-state index in [4.69, 9.17) is 14.2 Å². The summed E-state index contributed by atoms with van der Waals surface area (Å²) in [6, 6.07) is 12.7. The number of ether oxygens (including phenoxy) is 3. The Hall–Kier alpha value is -2.57. The van der Waals surface area contributed by atoms with E-state index in [2.05, 4.69) is 47.1 Å². The zero-order chi connectivity index (χ0) is 21.8. The lowest BCUT2D eigenvalue weighted by atomic mass is 10.1. The average molecular weight is 425 g/mol. The third-order valence-corrected chi connectivity index (χ3v) is 6.27. The molecule has 0 amide bonds. The number of hydrogen-bond donors (Lipinski definition) is 0. The third-order valence-electron chi connectivity index (χ3n) is 6.27. The normalized spacial score (nSPS) is 19.4. The van der Waals surface area contributed by atoms with Gasteiger partial charge in [0.25, 0.3) is 0 Å². The van der Waals surface area contributed by atoms with E-state index >= 15 is 0 Å². The maximum Gasteiger partial charge on any atom is 0.323 e. The second kappa shape index (κ2) is 9.71. The van der Waals surface area contributed by atoms with Crippen LogP contribution in [0.15, 0.2) is 36.4 Å². The number of carbonyl (C=O) groups excluding carboxylic acids is 1. The van der Waals surface area contributed by atoms with Crippen molar-refractivity contribution in [1.29, 1.82) is 0 Å². The fourth-order valence-corrected chi connectivity index (χ4v) is 4.69. The van der Waals surface area contributed by atoms with Crippen molar-refractivity contribution in [2.75, 3.05) is 33.9 Å². The van der Waals surface area contributed by atoms with Crippen LogP contribution in [-0.2, 0) is 29.2 Å². The summed E-state index contributed by atoms with van der Waals surface area (Å²) in [6.45, 7) is 7.03. The predicted octanol–water partition coefficient (Wildman–Crippen LogP) is 3.54. The topological polar surface area (TPSA) is 51.2 Å². The molecule has 2 aromatic carbocycles. The van der Waals surface area contributed by atoms with E-state index in [1.54, 1.807) is 7.11 Å². The van der Waals surface area contributed by atoms with Crippen LogP contribution in [0.2, 0.25) is 0 Å². The zero-order valence-corrected chi connectivity index (χ0v) is 18.7. The molecule has 4 rings (SSSR count). The largest absolute Gasteiger partial charge is 0.496 e. The van der Waals surface area contributed by atoms with Crippen LogP contribution in [0, 0.1) is 6.92 Å². The van der Waals surface area contributed by atoms with Crippen LogP contribution < -0.4 is 9.47 Å². The fraction of sp³-hybridized carbons (Fsp3) is 0.480. The molecule has 0 saturated carbocycles. The molecule has 0 aromatic heterocycles. The van der Waals surface area contributed by atoms with Gasteiger partial charge in [-0.2, -0.15) is 0 Å². The lowest BCUT2D eigenvalue weighted by Gasteiger charge is -2.23. The second-order valence-corrected chi connectivity index (χ2v) is 8.46. The van der Waals surface area contributed by atoms with Gasteiger partial charge < -0.3 is 14.2 Å². The number of esters is 1.